The molecule has 0 aromatic carbocycles. The predicted molar refractivity (Wildman–Crippen MR) is 51.5 cm³/mol. The van der Waals surface area contributed by atoms with Crippen molar-refractivity contribution in [1.82, 2.24) is 5.32 Å². The van der Waals surface area contributed by atoms with Crippen LogP contribution in [0.2, 0.25) is 0 Å². The first-order valence-electron chi connectivity index (χ1n) is 3.56. The van der Waals surface area contributed by atoms with Gasteiger partial charge in [-0.1, -0.05) is 13.8 Å². The Balaban J connectivity index is 2.98. The van der Waals surface area contributed by atoms with Crippen LogP contribution in [-0.2, 0) is 0 Å². The van der Waals surface area contributed by atoms with Gasteiger partial charge in [-0.3, -0.25) is 4.79 Å². The molecule has 0 unspecified atom stereocenters. The minimum atomic E-state index is 0.0429. The number of rotatable bonds is 4. The summed E-state index contributed by atoms with van der Waals surface area (Å²) in [5.74, 6) is 0.742. The summed E-state index contributed by atoms with van der Waals surface area (Å²) >= 11 is 1.75. The van der Waals surface area contributed by atoms with Crippen molar-refractivity contribution in [3.05, 3.63) is 0 Å². The highest BCUT2D eigenvalue weighted by Gasteiger charge is 1.94. The van der Waals surface area contributed by atoms with Gasteiger partial charge in [0.15, 0.2) is 0 Å². The Morgan fingerprint density at radius 1 is 1.60 bits per heavy atom. The van der Waals surface area contributed by atoms with Crippen LogP contribution in [0.5, 0.6) is 0 Å². The van der Waals surface area contributed by atoms with E-state index in [4.69, 9.17) is 0 Å². The molecule has 0 spiro atoms. The molecule has 2 nitrogen and oxygen atoms in total. The third-order valence-corrected chi connectivity index (χ3v) is 1.60. The fraction of sp³-hybridized carbons (Fsp3) is 0.857. The Kier molecular flexibility index (Phi) is 6.06. The number of carbonyl (C=O) groups is 1. The molecule has 0 aliphatic rings. The summed E-state index contributed by atoms with van der Waals surface area (Å²) in [6.07, 6.45) is 2.28. The summed E-state index contributed by atoms with van der Waals surface area (Å²) < 4.78 is 0.0429. The van der Waals surface area contributed by atoms with Gasteiger partial charge in [-0.15, -0.1) is 0 Å². The maximum Gasteiger partial charge on any atom is 0.280 e. The molecule has 0 saturated heterocycles. The standard InChI is InChI=1S/C7H14INO/c1-6(2)4-3-5-9-7(8)10/h6H,3-5H2,1-2H3,(H,9,10). The van der Waals surface area contributed by atoms with E-state index in [-0.39, 0.29) is 3.91 Å². The SMILES string of the molecule is CC(C)CCCNC(=O)I. The van der Waals surface area contributed by atoms with E-state index in [1.165, 1.54) is 6.42 Å². The number of hydrogen-bond acceptors (Lipinski definition) is 1. The highest BCUT2D eigenvalue weighted by molar-refractivity contribution is 14.1. The van der Waals surface area contributed by atoms with E-state index in [0.717, 1.165) is 18.9 Å². The first-order chi connectivity index (χ1) is 4.63. The van der Waals surface area contributed by atoms with Crippen molar-refractivity contribution in [2.45, 2.75) is 26.7 Å². The maximum absolute atomic E-state index is 10.4. The molecule has 1 N–H and O–H groups in total. The van der Waals surface area contributed by atoms with Gasteiger partial charge in [-0.05, 0) is 18.8 Å². The van der Waals surface area contributed by atoms with Crippen LogP contribution in [0.15, 0.2) is 0 Å². The van der Waals surface area contributed by atoms with Crippen molar-refractivity contribution in [1.29, 1.82) is 0 Å². The molecular weight excluding hydrogens is 241 g/mol. The van der Waals surface area contributed by atoms with Gasteiger partial charge in [0.1, 0.15) is 0 Å². The number of nitrogens with one attached hydrogen (secondary N) is 1. The average Bonchev–Trinajstić information content (AvgIpc) is 1.79. The van der Waals surface area contributed by atoms with Crippen molar-refractivity contribution in [2.24, 2.45) is 5.92 Å². The zero-order valence-corrected chi connectivity index (χ0v) is 8.64. The minimum Gasteiger partial charge on any atom is -0.348 e. The second kappa shape index (κ2) is 5.95. The van der Waals surface area contributed by atoms with Crippen LogP contribution in [0.4, 0.5) is 4.79 Å². The fourth-order valence-corrected chi connectivity index (χ4v) is 0.967. The molecule has 0 aliphatic carbocycles. The van der Waals surface area contributed by atoms with E-state index in [1.54, 1.807) is 22.6 Å². The molecular formula is C7H14INO. The molecule has 0 aliphatic heterocycles. The Morgan fingerprint density at radius 3 is 2.60 bits per heavy atom. The van der Waals surface area contributed by atoms with E-state index in [1.807, 2.05) is 0 Å². The monoisotopic (exact) mass is 255 g/mol. The predicted octanol–water partition coefficient (Wildman–Crippen LogP) is 2.57. The van der Waals surface area contributed by atoms with Gasteiger partial charge in [0.05, 0.1) is 0 Å². The van der Waals surface area contributed by atoms with Crippen molar-refractivity contribution in [3.63, 3.8) is 0 Å². The highest BCUT2D eigenvalue weighted by atomic mass is 127. The van der Waals surface area contributed by atoms with Crippen molar-refractivity contribution in [2.75, 3.05) is 6.54 Å². The molecule has 0 saturated carbocycles. The lowest BCUT2D eigenvalue weighted by Crippen LogP contribution is -2.17. The summed E-state index contributed by atoms with van der Waals surface area (Å²) in [7, 11) is 0. The van der Waals surface area contributed by atoms with Crippen LogP contribution in [0, 0.1) is 5.92 Å². The largest absolute Gasteiger partial charge is 0.348 e. The molecule has 0 fully saturated rings. The van der Waals surface area contributed by atoms with Crippen LogP contribution in [-0.4, -0.2) is 10.5 Å². The smallest absolute Gasteiger partial charge is 0.280 e. The molecule has 3 heteroatoms. The molecule has 0 radical (unpaired) electrons. The van der Waals surface area contributed by atoms with Crippen LogP contribution >= 0.6 is 22.6 Å². The van der Waals surface area contributed by atoms with Gasteiger partial charge < -0.3 is 5.32 Å². The molecule has 0 atom stereocenters. The molecule has 0 aromatic rings. The quantitative estimate of drug-likeness (QED) is 0.355. The molecule has 1 amide bonds. The summed E-state index contributed by atoms with van der Waals surface area (Å²) in [5.41, 5.74) is 0. The van der Waals surface area contributed by atoms with Crippen LogP contribution < -0.4 is 5.32 Å². The topological polar surface area (TPSA) is 29.1 Å². The zero-order chi connectivity index (χ0) is 7.98. The molecule has 0 heterocycles. The molecule has 10 heavy (non-hydrogen) atoms. The third kappa shape index (κ3) is 8.20. The van der Waals surface area contributed by atoms with Crippen LogP contribution in [0.1, 0.15) is 26.7 Å². The Bertz CT molecular complexity index is 104. The number of carbonyl (C=O) groups excluding carboxylic acids is 1. The van der Waals surface area contributed by atoms with Gasteiger partial charge in [0.2, 0.25) is 0 Å². The lowest BCUT2D eigenvalue weighted by atomic mass is 10.1. The highest BCUT2D eigenvalue weighted by Crippen LogP contribution is 2.01. The van der Waals surface area contributed by atoms with E-state index in [2.05, 4.69) is 19.2 Å². The van der Waals surface area contributed by atoms with Crippen molar-refractivity contribution < 1.29 is 4.79 Å². The van der Waals surface area contributed by atoms with Crippen LogP contribution in [0.3, 0.4) is 0 Å². The Hall–Kier alpha value is 0.200. The normalized spacial score (nSPS) is 10.0. The summed E-state index contributed by atoms with van der Waals surface area (Å²) in [5, 5.41) is 2.75. The summed E-state index contributed by atoms with van der Waals surface area (Å²) in [4.78, 5) is 10.4. The lowest BCUT2D eigenvalue weighted by molar-refractivity contribution is 0.262. The van der Waals surface area contributed by atoms with E-state index < -0.39 is 0 Å². The van der Waals surface area contributed by atoms with Gasteiger partial charge in [-0.25, -0.2) is 0 Å². The number of halogens is 1. The van der Waals surface area contributed by atoms with Gasteiger partial charge in [0, 0.05) is 29.1 Å². The maximum atomic E-state index is 10.4. The third-order valence-electron chi connectivity index (χ3n) is 1.22. The molecule has 0 aromatic heterocycles. The lowest BCUT2D eigenvalue weighted by Gasteiger charge is -2.03. The fourth-order valence-electron chi connectivity index (χ4n) is 0.697. The van der Waals surface area contributed by atoms with E-state index in [0.29, 0.717) is 0 Å². The van der Waals surface area contributed by atoms with Gasteiger partial charge in [-0.2, -0.15) is 0 Å². The van der Waals surface area contributed by atoms with E-state index >= 15 is 0 Å². The second-order valence-electron chi connectivity index (χ2n) is 2.74. The second-order valence-corrected chi connectivity index (χ2v) is 3.72. The minimum absolute atomic E-state index is 0.0429. The van der Waals surface area contributed by atoms with Gasteiger partial charge >= 0.3 is 0 Å². The first kappa shape index (κ1) is 10.2. The summed E-state index contributed by atoms with van der Waals surface area (Å²) in [6.45, 7) is 5.19. The van der Waals surface area contributed by atoms with Crippen molar-refractivity contribution >= 4 is 26.5 Å². The summed E-state index contributed by atoms with van der Waals surface area (Å²) in [6, 6.07) is 0. The van der Waals surface area contributed by atoms with Gasteiger partial charge in [0.25, 0.3) is 3.91 Å². The average molecular weight is 255 g/mol. The first-order valence-corrected chi connectivity index (χ1v) is 4.64. The Labute approximate surface area is 75.9 Å². The number of hydrogen-bond donors (Lipinski definition) is 1. The van der Waals surface area contributed by atoms with Crippen molar-refractivity contribution in [3.8, 4) is 0 Å². The molecule has 0 rings (SSSR count). The zero-order valence-electron chi connectivity index (χ0n) is 6.48. The molecule has 0 bridgehead atoms. The van der Waals surface area contributed by atoms with Crippen LogP contribution in [0.25, 0.3) is 0 Å². The number of amides is 1. The Morgan fingerprint density at radius 2 is 2.20 bits per heavy atom. The van der Waals surface area contributed by atoms with E-state index in [9.17, 15) is 4.79 Å². The molecule has 60 valence electrons.